The van der Waals surface area contributed by atoms with E-state index >= 15 is 0 Å². The quantitative estimate of drug-likeness (QED) is 0.896. The number of hydrogen-bond donors (Lipinski definition) is 2. The van der Waals surface area contributed by atoms with Crippen molar-refractivity contribution in [2.24, 2.45) is 0 Å². The number of ether oxygens (including phenoxy) is 1. The minimum absolute atomic E-state index is 0.261. The summed E-state index contributed by atoms with van der Waals surface area (Å²) in [4.78, 5) is 10.8. The molecule has 0 aliphatic rings. The first-order valence-corrected chi connectivity index (χ1v) is 6.33. The van der Waals surface area contributed by atoms with Gasteiger partial charge in [-0.25, -0.2) is 4.79 Å². The fraction of sp³-hybridized carbons (Fsp3) is 0.0714. The van der Waals surface area contributed by atoms with Crippen molar-refractivity contribution in [1.82, 2.24) is 0 Å². The Morgan fingerprint density at radius 3 is 2.42 bits per heavy atom. The lowest BCUT2D eigenvalue weighted by atomic mass is 10.2. The third-order valence-corrected chi connectivity index (χ3v) is 2.99. The molecule has 0 saturated carbocycles. The van der Waals surface area contributed by atoms with Crippen molar-refractivity contribution in [3.8, 4) is 5.75 Å². The Hall–Kier alpha value is -2.01. The zero-order chi connectivity index (χ0) is 13.8. The molecule has 2 aromatic carbocycles. The number of carboxylic acid groups (broad SMARTS) is 1. The van der Waals surface area contributed by atoms with Crippen molar-refractivity contribution in [2.75, 3.05) is 12.4 Å². The maximum atomic E-state index is 10.8. The third kappa shape index (κ3) is 3.48. The number of rotatable bonds is 4. The van der Waals surface area contributed by atoms with Gasteiger partial charge >= 0.3 is 5.97 Å². The fourth-order valence-corrected chi connectivity index (χ4v) is 2.09. The lowest BCUT2D eigenvalue weighted by molar-refractivity contribution is 0.0697. The van der Waals surface area contributed by atoms with Crippen LogP contribution in [0.1, 0.15) is 10.4 Å². The molecule has 2 aromatic rings. The number of nitrogens with one attached hydrogen (secondary N) is 1. The van der Waals surface area contributed by atoms with Crippen LogP contribution in [0.25, 0.3) is 0 Å². The average Bonchev–Trinajstić information content (AvgIpc) is 2.38. The third-order valence-electron chi connectivity index (χ3n) is 2.53. The molecule has 0 aromatic heterocycles. The molecule has 0 atom stereocenters. The Labute approximate surface area is 119 Å². The van der Waals surface area contributed by atoms with E-state index < -0.39 is 5.97 Å². The predicted octanol–water partition coefficient (Wildman–Crippen LogP) is 3.90. The Balaban J connectivity index is 2.21. The summed E-state index contributed by atoms with van der Waals surface area (Å²) in [6.07, 6.45) is 0. The van der Waals surface area contributed by atoms with E-state index in [1.54, 1.807) is 31.4 Å². The highest BCUT2D eigenvalue weighted by Gasteiger charge is 2.03. The van der Waals surface area contributed by atoms with Gasteiger partial charge in [-0.3, -0.25) is 0 Å². The molecule has 0 aliphatic heterocycles. The standard InChI is InChI=1S/C14H12BrNO3/c1-19-13-7-10(15)6-12(8-13)16-11-4-2-9(3-5-11)14(17)18/h2-8,16H,1H3,(H,17,18). The molecule has 0 radical (unpaired) electrons. The molecule has 0 fully saturated rings. The maximum absolute atomic E-state index is 10.8. The summed E-state index contributed by atoms with van der Waals surface area (Å²) >= 11 is 3.40. The fourth-order valence-electron chi connectivity index (χ4n) is 1.62. The molecular formula is C14H12BrNO3. The first-order chi connectivity index (χ1) is 9.08. The van der Waals surface area contributed by atoms with Crippen LogP contribution in [0.2, 0.25) is 0 Å². The minimum Gasteiger partial charge on any atom is -0.497 e. The van der Waals surface area contributed by atoms with Crippen LogP contribution in [0.5, 0.6) is 5.75 Å². The molecule has 5 heteroatoms. The van der Waals surface area contributed by atoms with Gasteiger partial charge in [0, 0.05) is 21.9 Å². The monoisotopic (exact) mass is 321 g/mol. The average molecular weight is 322 g/mol. The number of aromatic carboxylic acids is 1. The Morgan fingerprint density at radius 2 is 1.84 bits per heavy atom. The largest absolute Gasteiger partial charge is 0.497 e. The minimum atomic E-state index is -0.935. The van der Waals surface area contributed by atoms with E-state index in [-0.39, 0.29) is 5.56 Å². The molecule has 0 spiro atoms. The zero-order valence-corrected chi connectivity index (χ0v) is 11.8. The second kappa shape index (κ2) is 5.75. The summed E-state index contributed by atoms with van der Waals surface area (Å²) in [5.74, 6) is -0.199. The van der Waals surface area contributed by atoms with Crippen LogP contribution in [0.3, 0.4) is 0 Å². The van der Waals surface area contributed by atoms with Crippen LogP contribution in [0.4, 0.5) is 11.4 Å². The first kappa shape index (κ1) is 13.4. The van der Waals surface area contributed by atoms with E-state index in [9.17, 15) is 4.79 Å². The summed E-state index contributed by atoms with van der Waals surface area (Å²) in [5, 5.41) is 12.0. The van der Waals surface area contributed by atoms with Crippen molar-refractivity contribution in [3.05, 3.63) is 52.5 Å². The number of carbonyl (C=O) groups is 1. The molecule has 2 rings (SSSR count). The van der Waals surface area contributed by atoms with Gasteiger partial charge in [-0.2, -0.15) is 0 Å². The number of anilines is 2. The van der Waals surface area contributed by atoms with Gasteiger partial charge in [-0.15, -0.1) is 0 Å². The van der Waals surface area contributed by atoms with E-state index in [1.807, 2.05) is 18.2 Å². The van der Waals surface area contributed by atoms with Crippen LogP contribution in [0.15, 0.2) is 46.9 Å². The van der Waals surface area contributed by atoms with Gasteiger partial charge in [0.1, 0.15) is 5.75 Å². The summed E-state index contributed by atoms with van der Waals surface area (Å²) in [6.45, 7) is 0. The molecule has 0 aliphatic carbocycles. The van der Waals surface area contributed by atoms with E-state index in [4.69, 9.17) is 9.84 Å². The van der Waals surface area contributed by atoms with E-state index in [0.717, 1.165) is 21.6 Å². The molecule has 0 saturated heterocycles. The first-order valence-electron chi connectivity index (χ1n) is 5.53. The van der Waals surface area contributed by atoms with Crippen LogP contribution < -0.4 is 10.1 Å². The molecular weight excluding hydrogens is 310 g/mol. The highest BCUT2D eigenvalue weighted by atomic mass is 79.9. The lowest BCUT2D eigenvalue weighted by Crippen LogP contribution is -1.96. The van der Waals surface area contributed by atoms with Gasteiger partial charge in [-0.05, 0) is 36.4 Å². The van der Waals surface area contributed by atoms with Crippen molar-refractivity contribution in [3.63, 3.8) is 0 Å². The van der Waals surface area contributed by atoms with Gasteiger partial charge in [0.15, 0.2) is 0 Å². The van der Waals surface area contributed by atoms with Crippen molar-refractivity contribution < 1.29 is 14.6 Å². The Kier molecular flexibility index (Phi) is 4.06. The normalized spacial score (nSPS) is 10.0. The van der Waals surface area contributed by atoms with Crippen molar-refractivity contribution >= 4 is 33.3 Å². The Bertz CT molecular complexity index is 596. The van der Waals surface area contributed by atoms with Gasteiger partial charge in [0.2, 0.25) is 0 Å². The lowest BCUT2D eigenvalue weighted by Gasteiger charge is -2.09. The van der Waals surface area contributed by atoms with E-state index in [1.165, 1.54) is 0 Å². The summed E-state index contributed by atoms with van der Waals surface area (Å²) in [5.41, 5.74) is 1.93. The number of methoxy groups -OCH3 is 1. The van der Waals surface area contributed by atoms with Crippen LogP contribution in [0, 0.1) is 0 Å². The second-order valence-electron chi connectivity index (χ2n) is 3.89. The molecule has 4 nitrogen and oxygen atoms in total. The molecule has 2 N–H and O–H groups in total. The number of benzene rings is 2. The Morgan fingerprint density at radius 1 is 1.16 bits per heavy atom. The van der Waals surface area contributed by atoms with Gasteiger partial charge in [0.25, 0.3) is 0 Å². The maximum Gasteiger partial charge on any atom is 0.335 e. The highest BCUT2D eigenvalue weighted by molar-refractivity contribution is 9.10. The van der Waals surface area contributed by atoms with Crippen molar-refractivity contribution in [1.29, 1.82) is 0 Å². The number of carboxylic acids is 1. The molecule has 0 bridgehead atoms. The molecule has 0 amide bonds. The highest BCUT2D eigenvalue weighted by Crippen LogP contribution is 2.26. The predicted molar refractivity (Wildman–Crippen MR) is 77.4 cm³/mol. The molecule has 0 unspecified atom stereocenters. The zero-order valence-electron chi connectivity index (χ0n) is 10.2. The number of hydrogen-bond acceptors (Lipinski definition) is 3. The van der Waals surface area contributed by atoms with Crippen LogP contribution in [-0.4, -0.2) is 18.2 Å². The summed E-state index contributed by atoms with van der Waals surface area (Å²) < 4.78 is 6.08. The molecule has 98 valence electrons. The van der Waals surface area contributed by atoms with Gasteiger partial charge in [0.05, 0.1) is 12.7 Å². The van der Waals surface area contributed by atoms with Gasteiger partial charge in [-0.1, -0.05) is 15.9 Å². The molecule has 0 heterocycles. The van der Waals surface area contributed by atoms with Gasteiger partial charge < -0.3 is 15.2 Å². The molecule has 19 heavy (non-hydrogen) atoms. The van der Waals surface area contributed by atoms with Crippen LogP contribution >= 0.6 is 15.9 Å². The van der Waals surface area contributed by atoms with Crippen molar-refractivity contribution in [2.45, 2.75) is 0 Å². The SMILES string of the molecule is COc1cc(Br)cc(Nc2ccc(C(=O)O)cc2)c1. The van der Waals surface area contributed by atoms with E-state index in [2.05, 4.69) is 21.2 Å². The summed E-state index contributed by atoms with van der Waals surface area (Å²) in [6, 6.07) is 12.2. The van der Waals surface area contributed by atoms with Crippen LogP contribution in [-0.2, 0) is 0 Å². The smallest absolute Gasteiger partial charge is 0.335 e. The number of halogens is 1. The summed E-state index contributed by atoms with van der Waals surface area (Å²) in [7, 11) is 1.60. The van der Waals surface area contributed by atoms with E-state index in [0.29, 0.717) is 0 Å². The second-order valence-corrected chi connectivity index (χ2v) is 4.80. The topological polar surface area (TPSA) is 58.6 Å².